The van der Waals surface area contributed by atoms with Gasteiger partial charge in [-0.05, 0) is 25.1 Å². The van der Waals surface area contributed by atoms with E-state index in [-0.39, 0.29) is 0 Å². The Hall–Kier alpha value is -2.54. The zero-order valence-electron chi connectivity index (χ0n) is 12.3. The van der Waals surface area contributed by atoms with E-state index in [1.807, 2.05) is 24.4 Å². The molecule has 114 valence electrons. The summed E-state index contributed by atoms with van der Waals surface area (Å²) in [5.74, 6) is 0.344. The monoisotopic (exact) mass is 318 g/mol. The molecule has 0 aliphatic rings. The minimum absolute atomic E-state index is 0.307. The molecule has 0 bridgehead atoms. The van der Waals surface area contributed by atoms with Gasteiger partial charge in [-0.15, -0.1) is 0 Å². The van der Waals surface area contributed by atoms with E-state index in [2.05, 4.69) is 4.98 Å². The average Bonchev–Trinajstić information content (AvgIpc) is 3.06. The lowest BCUT2D eigenvalue weighted by molar-refractivity contribution is 0.0701. The molecule has 0 aliphatic carbocycles. The van der Waals surface area contributed by atoms with Crippen molar-refractivity contribution in [2.75, 3.05) is 14.2 Å². The number of methoxy groups -OCH3 is 2. The molecule has 2 aromatic heterocycles. The summed E-state index contributed by atoms with van der Waals surface area (Å²) in [5.41, 5.74) is 2.31. The highest BCUT2D eigenvalue weighted by molar-refractivity contribution is 7.19. The number of imidazole rings is 1. The number of thiazole rings is 1. The van der Waals surface area contributed by atoms with Crippen LogP contribution in [0.4, 0.5) is 0 Å². The minimum Gasteiger partial charge on any atom is -0.493 e. The maximum atomic E-state index is 11.1. The molecule has 3 aromatic rings. The van der Waals surface area contributed by atoms with Crippen molar-refractivity contribution in [3.05, 3.63) is 35.0 Å². The molecule has 0 aliphatic heterocycles. The van der Waals surface area contributed by atoms with Crippen molar-refractivity contribution in [2.24, 2.45) is 0 Å². The SMILES string of the molecule is COc1ccc(-c2cn3c(C)c(C(=O)O)sc3n2)cc1OC. The van der Waals surface area contributed by atoms with Gasteiger partial charge in [-0.2, -0.15) is 0 Å². The number of aryl methyl sites for hydroxylation is 1. The smallest absolute Gasteiger partial charge is 0.347 e. The van der Waals surface area contributed by atoms with Gasteiger partial charge in [0.2, 0.25) is 0 Å². The van der Waals surface area contributed by atoms with Gasteiger partial charge in [0.1, 0.15) is 4.88 Å². The first-order valence-corrected chi connectivity index (χ1v) is 7.31. The van der Waals surface area contributed by atoms with Crippen LogP contribution in [0, 0.1) is 6.92 Å². The second-order valence-electron chi connectivity index (χ2n) is 4.67. The molecule has 6 nitrogen and oxygen atoms in total. The summed E-state index contributed by atoms with van der Waals surface area (Å²) >= 11 is 1.16. The molecule has 0 amide bonds. The quantitative estimate of drug-likeness (QED) is 0.800. The second kappa shape index (κ2) is 5.34. The van der Waals surface area contributed by atoms with E-state index in [9.17, 15) is 4.79 Å². The van der Waals surface area contributed by atoms with Gasteiger partial charge in [0.05, 0.1) is 19.9 Å². The Morgan fingerprint density at radius 1 is 1.27 bits per heavy atom. The lowest BCUT2D eigenvalue weighted by atomic mass is 10.1. The number of carbonyl (C=O) groups is 1. The molecular weight excluding hydrogens is 304 g/mol. The first kappa shape index (κ1) is 14.4. The third-order valence-electron chi connectivity index (χ3n) is 3.43. The predicted molar refractivity (Wildman–Crippen MR) is 83.3 cm³/mol. The molecule has 0 atom stereocenters. The number of hydrogen-bond acceptors (Lipinski definition) is 5. The molecule has 0 saturated heterocycles. The summed E-state index contributed by atoms with van der Waals surface area (Å²) in [4.78, 5) is 16.6. The number of hydrogen-bond donors (Lipinski definition) is 1. The molecule has 1 aromatic carbocycles. The van der Waals surface area contributed by atoms with Crippen molar-refractivity contribution in [3.63, 3.8) is 0 Å². The first-order chi connectivity index (χ1) is 10.5. The minimum atomic E-state index is -0.930. The van der Waals surface area contributed by atoms with Gasteiger partial charge in [-0.25, -0.2) is 9.78 Å². The number of nitrogens with zero attached hydrogens (tertiary/aromatic N) is 2. The Morgan fingerprint density at radius 3 is 2.59 bits per heavy atom. The van der Waals surface area contributed by atoms with E-state index in [0.717, 1.165) is 22.6 Å². The van der Waals surface area contributed by atoms with E-state index in [1.165, 1.54) is 0 Å². The van der Waals surface area contributed by atoms with Gasteiger partial charge < -0.3 is 14.6 Å². The molecule has 2 heterocycles. The van der Waals surface area contributed by atoms with Crippen LogP contribution < -0.4 is 9.47 Å². The number of aromatic carboxylic acids is 1. The Kier molecular flexibility index (Phi) is 3.50. The summed E-state index contributed by atoms with van der Waals surface area (Å²) < 4.78 is 12.3. The van der Waals surface area contributed by atoms with Crippen LogP contribution in [0.15, 0.2) is 24.4 Å². The fourth-order valence-corrected chi connectivity index (χ4v) is 3.23. The lowest BCUT2D eigenvalue weighted by Gasteiger charge is -2.08. The summed E-state index contributed by atoms with van der Waals surface area (Å²) in [6, 6.07) is 5.55. The number of aromatic nitrogens is 2. The number of rotatable bonds is 4. The van der Waals surface area contributed by atoms with Gasteiger partial charge in [-0.1, -0.05) is 11.3 Å². The highest BCUT2D eigenvalue weighted by Gasteiger charge is 2.17. The van der Waals surface area contributed by atoms with Crippen molar-refractivity contribution in [1.82, 2.24) is 9.38 Å². The van der Waals surface area contributed by atoms with E-state index < -0.39 is 5.97 Å². The number of fused-ring (bicyclic) bond motifs is 1. The summed E-state index contributed by atoms with van der Waals surface area (Å²) in [6.45, 7) is 1.77. The molecule has 0 radical (unpaired) electrons. The Balaban J connectivity index is 2.09. The topological polar surface area (TPSA) is 73.1 Å². The summed E-state index contributed by atoms with van der Waals surface area (Å²) in [7, 11) is 3.16. The lowest BCUT2D eigenvalue weighted by Crippen LogP contribution is -1.96. The first-order valence-electron chi connectivity index (χ1n) is 6.49. The van der Waals surface area contributed by atoms with Crippen molar-refractivity contribution in [2.45, 2.75) is 6.92 Å². The van der Waals surface area contributed by atoms with Crippen molar-refractivity contribution >= 4 is 22.3 Å². The van der Waals surface area contributed by atoms with Gasteiger partial charge in [0.15, 0.2) is 16.5 Å². The van der Waals surface area contributed by atoms with E-state index in [0.29, 0.717) is 27.0 Å². The molecule has 22 heavy (non-hydrogen) atoms. The van der Waals surface area contributed by atoms with Crippen LogP contribution in [0.25, 0.3) is 16.2 Å². The van der Waals surface area contributed by atoms with Gasteiger partial charge in [0.25, 0.3) is 0 Å². The molecule has 3 rings (SSSR count). The molecule has 0 saturated carbocycles. The van der Waals surface area contributed by atoms with Crippen LogP contribution in [0.2, 0.25) is 0 Å². The maximum absolute atomic E-state index is 11.1. The zero-order chi connectivity index (χ0) is 15.9. The largest absolute Gasteiger partial charge is 0.493 e. The molecule has 0 fully saturated rings. The Bertz CT molecular complexity index is 866. The third-order valence-corrected chi connectivity index (χ3v) is 4.58. The van der Waals surface area contributed by atoms with Crippen LogP contribution >= 0.6 is 11.3 Å². The molecule has 0 spiro atoms. The fraction of sp³-hybridized carbons (Fsp3) is 0.200. The Morgan fingerprint density at radius 2 is 2.00 bits per heavy atom. The van der Waals surface area contributed by atoms with Crippen LogP contribution in [0.1, 0.15) is 15.4 Å². The molecule has 7 heteroatoms. The van der Waals surface area contributed by atoms with Gasteiger partial charge in [0, 0.05) is 17.5 Å². The van der Waals surface area contributed by atoms with E-state index >= 15 is 0 Å². The van der Waals surface area contributed by atoms with Gasteiger partial charge >= 0.3 is 5.97 Å². The number of benzene rings is 1. The third kappa shape index (κ3) is 2.19. The highest BCUT2D eigenvalue weighted by Crippen LogP contribution is 2.33. The molecule has 0 unspecified atom stereocenters. The second-order valence-corrected chi connectivity index (χ2v) is 5.65. The van der Waals surface area contributed by atoms with Crippen molar-refractivity contribution in [3.8, 4) is 22.8 Å². The maximum Gasteiger partial charge on any atom is 0.347 e. The van der Waals surface area contributed by atoms with Crippen LogP contribution in [0.5, 0.6) is 11.5 Å². The number of carboxylic acids is 1. The molecule has 1 N–H and O–H groups in total. The van der Waals surface area contributed by atoms with E-state index in [1.54, 1.807) is 25.5 Å². The normalized spacial score (nSPS) is 10.9. The molecular formula is C15H14N2O4S. The van der Waals surface area contributed by atoms with Gasteiger partial charge in [-0.3, -0.25) is 4.40 Å². The van der Waals surface area contributed by atoms with E-state index in [4.69, 9.17) is 14.6 Å². The Labute approximate surface area is 130 Å². The number of carboxylic acid groups (broad SMARTS) is 1. The highest BCUT2D eigenvalue weighted by atomic mass is 32.1. The van der Waals surface area contributed by atoms with Crippen molar-refractivity contribution in [1.29, 1.82) is 0 Å². The summed E-state index contributed by atoms with van der Waals surface area (Å²) in [5, 5.41) is 9.14. The average molecular weight is 318 g/mol. The fourth-order valence-electron chi connectivity index (χ4n) is 2.28. The van der Waals surface area contributed by atoms with Crippen LogP contribution in [-0.2, 0) is 0 Å². The number of ether oxygens (including phenoxy) is 2. The zero-order valence-corrected chi connectivity index (χ0v) is 13.1. The standard InChI is InChI=1S/C15H14N2O4S/c1-8-13(14(18)19)22-15-16-10(7-17(8)15)9-4-5-11(20-2)12(6-9)21-3/h4-7H,1-3H3,(H,18,19). The summed E-state index contributed by atoms with van der Waals surface area (Å²) in [6.07, 6.45) is 1.83. The predicted octanol–water partition coefficient (Wildman–Crippen LogP) is 3.09. The van der Waals surface area contributed by atoms with Crippen LogP contribution in [-0.4, -0.2) is 34.7 Å². The van der Waals surface area contributed by atoms with Crippen molar-refractivity contribution < 1.29 is 19.4 Å². The van der Waals surface area contributed by atoms with Crippen LogP contribution in [0.3, 0.4) is 0 Å².